The molecular formula is C14H12N2OS. The third-order valence-electron chi connectivity index (χ3n) is 2.40. The molecular weight excluding hydrogens is 244 g/mol. The van der Waals surface area contributed by atoms with Crippen LogP contribution >= 0.6 is 11.3 Å². The molecule has 0 aliphatic heterocycles. The molecule has 4 heteroatoms. The maximum absolute atomic E-state index is 11.3. The smallest absolute Gasteiger partial charge is 0.250 e. The van der Waals surface area contributed by atoms with Crippen molar-refractivity contribution in [2.75, 3.05) is 0 Å². The fourth-order valence-corrected chi connectivity index (χ4v) is 2.38. The van der Waals surface area contributed by atoms with E-state index in [2.05, 4.69) is 18.1 Å². The zero-order chi connectivity index (χ0) is 13.1. The summed E-state index contributed by atoms with van der Waals surface area (Å²) in [4.78, 5) is 15.7. The van der Waals surface area contributed by atoms with Crippen LogP contribution in [-0.2, 0) is 0 Å². The topological polar surface area (TPSA) is 56.0 Å². The zero-order valence-corrected chi connectivity index (χ0v) is 10.5. The number of carbonyl (C=O) groups excluding carboxylic acids is 1. The molecule has 0 bridgehead atoms. The summed E-state index contributed by atoms with van der Waals surface area (Å²) in [6.45, 7) is 7.41. The van der Waals surface area contributed by atoms with Crippen LogP contribution in [0.2, 0.25) is 0 Å². The number of amides is 1. The molecule has 90 valence electrons. The first kappa shape index (κ1) is 12.3. The van der Waals surface area contributed by atoms with Gasteiger partial charge in [-0.2, -0.15) is 0 Å². The Kier molecular flexibility index (Phi) is 3.39. The van der Waals surface area contributed by atoms with Gasteiger partial charge in [0.2, 0.25) is 0 Å². The summed E-state index contributed by atoms with van der Waals surface area (Å²) in [5.74, 6) is -0.461. The van der Waals surface area contributed by atoms with Gasteiger partial charge in [0.15, 0.2) is 0 Å². The molecule has 0 radical (unpaired) electrons. The van der Waals surface area contributed by atoms with Gasteiger partial charge in [-0.1, -0.05) is 31.4 Å². The Labute approximate surface area is 109 Å². The van der Waals surface area contributed by atoms with Gasteiger partial charge in [0.1, 0.15) is 5.01 Å². The molecule has 0 saturated carbocycles. The third kappa shape index (κ3) is 2.38. The Morgan fingerprint density at radius 1 is 1.44 bits per heavy atom. The number of fused-ring (bicyclic) bond motifs is 1. The lowest BCUT2D eigenvalue weighted by Crippen LogP contribution is -2.11. The van der Waals surface area contributed by atoms with Crippen molar-refractivity contribution in [2.24, 2.45) is 5.73 Å². The number of nitrogens with zero attached hydrogens (tertiary/aromatic N) is 1. The highest BCUT2D eigenvalue weighted by Crippen LogP contribution is 2.25. The second kappa shape index (κ2) is 4.98. The summed E-state index contributed by atoms with van der Waals surface area (Å²) in [5, 5.41) is 0.807. The number of hydrogen-bond donors (Lipinski definition) is 1. The van der Waals surface area contributed by atoms with E-state index in [-0.39, 0.29) is 0 Å². The predicted octanol–water partition coefficient (Wildman–Crippen LogP) is 3.15. The Hall–Kier alpha value is -2.20. The van der Waals surface area contributed by atoms with Crippen LogP contribution in [0.15, 0.2) is 49.1 Å². The molecule has 0 aliphatic rings. The second-order valence-electron chi connectivity index (χ2n) is 3.68. The van der Waals surface area contributed by atoms with Gasteiger partial charge in [-0.3, -0.25) is 4.79 Å². The van der Waals surface area contributed by atoms with E-state index in [0.29, 0.717) is 11.1 Å². The Morgan fingerprint density at radius 2 is 2.22 bits per heavy atom. The van der Waals surface area contributed by atoms with Gasteiger partial charge in [0, 0.05) is 0 Å². The van der Waals surface area contributed by atoms with Gasteiger partial charge in [0.25, 0.3) is 5.91 Å². The monoisotopic (exact) mass is 256 g/mol. The van der Waals surface area contributed by atoms with E-state index in [9.17, 15) is 4.79 Å². The molecule has 1 aromatic carbocycles. The number of para-hydroxylation sites is 1. The van der Waals surface area contributed by atoms with Gasteiger partial charge in [-0.05, 0) is 23.8 Å². The lowest BCUT2D eigenvalue weighted by Gasteiger charge is -1.94. The van der Waals surface area contributed by atoms with Gasteiger partial charge in [0.05, 0.1) is 15.8 Å². The van der Waals surface area contributed by atoms with Gasteiger partial charge in [-0.25, -0.2) is 4.98 Å². The van der Waals surface area contributed by atoms with Crippen LogP contribution < -0.4 is 5.73 Å². The number of nitrogens with two attached hydrogens (primary N) is 1. The molecule has 18 heavy (non-hydrogen) atoms. The van der Waals surface area contributed by atoms with Crippen molar-refractivity contribution in [2.45, 2.75) is 0 Å². The molecule has 0 aliphatic carbocycles. The fourth-order valence-electron chi connectivity index (χ4n) is 1.48. The van der Waals surface area contributed by atoms with E-state index in [4.69, 9.17) is 5.73 Å². The first-order valence-electron chi connectivity index (χ1n) is 5.30. The average molecular weight is 256 g/mol. The number of primary amides is 1. The standard InChI is InChI=1S/C14H12N2OS/c1-3-9(2)7-8-12-16-13-10(14(15)17)5-4-6-11(13)18-12/h3-8H,1-2H2,(H2,15,17). The number of allylic oxidation sites excluding steroid dienone is 3. The normalized spacial score (nSPS) is 10.9. The molecule has 1 aromatic heterocycles. The number of rotatable bonds is 4. The van der Waals surface area contributed by atoms with Gasteiger partial charge < -0.3 is 5.73 Å². The lowest BCUT2D eigenvalue weighted by atomic mass is 10.2. The molecule has 2 rings (SSSR count). The second-order valence-corrected chi connectivity index (χ2v) is 4.74. The van der Waals surface area contributed by atoms with Crippen molar-refractivity contribution in [3.05, 3.63) is 59.7 Å². The SMILES string of the molecule is C=CC(=C)C=Cc1nc2c(C(N)=O)cccc2s1. The minimum Gasteiger partial charge on any atom is -0.366 e. The molecule has 2 aromatic rings. The molecule has 0 unspecified atom stereocenters. The highest BCUT2D eigenvalue weighted by atomic mass is 32.1. The Morgan fingerprint density at radius 3 is 2.89 bits per heavy atom. The van der Waals surface area contributed by atoms with E-state index in [1.165, 1.54) is 11.3 Å². The summed E-state index contributed by atoms with van der Waals surface area (Å²) in [6, 6.07) is 5.40. The van der Waals surface area contributed by atoms with E-state index in [1.807, 2.05) is 18.2 Å². The minimum absolute atomic E-state index is 0.450. The van der Waals surface area contributed by atoms with E-state index < -0.39 is 5.91 Å². The maximum Gasteiger partial charge on any atom is 0.250 e. The quantitative estimate of drug-likeness (QED) is 0.854. The van der Waals surface area contributed by atoms with Crippen molar-refractivity contribution in [3.8, 4) is 0 Å². The van der Waals surface area contributed by atoms with Crippen molar-refractivity contribution < 1.29 is 4.79 Å². The largest absolute Gasteiger partial charge is 0.366 e. The van der Waals surface area contributed by atoms with Crippen molar-refractivity contribution in [1.82, 2.24) is 4.98 Å². The lowest BCUT2D eigenvalue weighted by molar-refractivity contribution is 0.100. The molecule has 3 nitrogen and oxygen atoms in total. The first-order valence-corrected chi connectivity index (χ1v) is 6.12. The summed E-state index contributed by atoms with van der Waals surface area (Å²) in [7, 11) is 0. The third-order valence-corrected chi connectivity index (χ3v) is 3.39. The Balaban J connectivity index is 2.47. The number of thiazole rings is 1. The fraction of sp³-hybridized carbons (Fsp3) is 0. The maximum atomic E-state index is 11.3. The van der Waals surface area contributed by atoms with Crippen LogP contribution in [0.25, 0.3) is 16.3 Å². The molecule has 1 heterocycles. The highest BCUT2D eigenvalue weighted by molar-refractivity contribution is 7.19. The molecule has 0 spiro atoms. The van der Waals surface area contributed by atoms with E-state index >= 15 is 0 Å². The number of hydrogen-bond acceptors (Lipinski definition) is 3. The molecule has 0 fully saturated rings. The summed E-state index contributed by atoms with van der Waals surface area (Å²) in [6.07, 6.45) is 5.34. The zero-order valence-electron chi connectivity index (χ0n) is 9.72. The molecule has 2 N–H and O–H groups in total. The van der Waals surface area contributed by atoms with Crippen molar-refractivity contribution in [1.29, 1.82) is 0 Å². The van der Waals surface area contributed by atoms with Crippen LogP contribution in [0.1, 0.15) is 15.4 Å². The van der Waals surface area contributed by atoms with Crippen LogP contribution in [0, 0.1) is 0 Å². The summed E-state index contributed by atoms with van der Waals surface area (Å²) in [5.41, 5.74) is 7.22. The van der Waals surface area contributed by atoms with Gasteiger partial charge in [-0.15, -0.1) is 11.3 Å². The average Bonchev–Trinajstić information content (AvgIpc) is 2.77. The van der Waals surface area contributed by atoms with Gasteiger partial charge >= 0.3 is 0 Å². The minimum atomic E-state index is -0.461. The summed E-state index contributed by atoms with van der Waals surface area (Å²) < 4.78 is 0.940. The van der Waals surface area contributed by atoms with Crippen LogP contribution in [-0.4, -0.2) is 10.9 Å². The number of benzene rings is 1. The highest BCUT2D eigenvalue weighted by Gasteiger charge is 2.10. The van der Waals surface area contributed by atoms with E-state index in [1.54, 1.807) is 18.2 Å². The molecule has 1 amide bonds. The van der Waals surface area contributed by atoms with Crippen LogP contribution in [0.3, 0.4) is 0 Å². The predicted molar refractivity (Wildman–Crippen MR) is 76.5 cm³/mol. The van der Waals surface area contributed by atoms with Crippen molar-refractivity contribution >= 4 is 33.5 Å². The van der Waals surface area contributed by atoms with Crippen molar-refractivity contribution in [3.63, 3.8) is 0 Å². The number of carbonyl (C=O) groups is 1. The van der Waals surface area contributed by atoms with E-state index in [0.717, 1.165) is 15.3 Å². The van der Waals surface area contributed by atoms with Crippen LogP contribution in [0.4, 0.5) is 0 Å². The van der Waals surface area contributed by atoms with Crippen LogP contribution in [0.5, 0.6) is 0 Å². The first-order chi connectivity index (χ1) is 8.61. The Bertz CT molecular complexity index is 667. The number of aromatic nitrogens is 1. The molecule has 0 atom stereocenters. The molecule has 0 saturated heterocycles. The summed E-state index contributed by atoms with van der Waals surface area (Å²) >= 11 is 1.50.